The zero-order valence-corrected chi connectivity index (χ0v) is 20.5. The van der Waals surface area contributed by atoms with Gasteiger partial charge < -0.3 is 9.64 Å². The fraction of sp³-hybridized carbons (Fsp3) is 0.346. The number of rotatable bonds is 7. The lowest BCUT2D eigenvalue weighted by Gasteiger charge is -2.31. The van der Waals surface area contributed by atoms with Crippen molar-refractivity contribution in [2.45, 2.75) is 49.1 Å². The number of nitrogens with zero attached hydrogens (tertiary/aromatic N) is 3. The third-order valence-corrected chi connectivity index (χ3v) is 7.03. The number of aromatic nitrogens is 2. The quantitative estimate of drug-likeness (QED) is 0.366. The Balaban J connectivity index is 1.25. The van der Waals surface area contributed by atoms with Crippen LogP contribution >= 0.6 is 23.4 Å². The Labute approximate surface area is 204 Å². The van der Waals surface area contributed by atoms with E-state index < -0.39 is 0 Å². The molecule has 33 heavy (non-hydrogen) atoms. The van der Waals surface area contributed by atoms with Crippen LogP contribution in [-0.2, 0) is 16.1 Å². The van der Waals surface area contributed by atoms with Gasteiger partial charge in [0.15, 0.2) is 5.82 Å². The third-order valence-electron chi connectivity index (χ3n) is 5.84. The van der Waals surface area contributed by atoms with Crippen LogP contribution in [-0.4, -0.2) is 29.3 Å². The second-order valence-electron chi connectivity index (χ2n) is 8.55. The third kappa shape index (κ3) is 6.49. The summed E-state index contributed by atoms with van der Waals surface area (Å²) in [7, 11) is 0. The fourth-order valence-electron chi connectivity index (χ4n) is 3.77. The molecular formula is C26H28ClN3O2S. The fourth-order valence-corrected chi connectivity index (χ4v) is 4.63. The molecule has 7 heteroatoms. The maximum Gasteiger partial charge on any atom is 0.309 e. The molecule has 0 amide bonds. The Kier molecular flexibility index (Phi) is 7.89. The van der Waals surface area contributed by atoms with Gasteiger partial charge in [-0.25, -0.2) is 0 Å². The predicted molar refractivity (Wildman–Crippen MR) is 133 cm³/mol. The van der Waals surface area contributed by atoms with Crippen LogP contribution in [0.2, 0.25) is 5.02 Å². The van der Waals surface area contributed by atoms with Crippen LogP contribution in [0.3, 0.4) is 0 Å². The molecule has 1 fully saturated rings. The van der Waals surface area contributed by atoms with Crippen LogP contribution in [0.25, 0.3) is 0 Å². The minimum atomic E-state index is -0.133. The van der Waals surface area contributed by atoms with E-state index in [0.717, 1.165) is 47.2 Å². The summed E-state index contributed by atoms with van der Waals surface area (Å²) in [6.07, 6.45) is 1.50. The number of benzene rings is 2. The van der Waals surface area contributed by atoms with E-state index in [-0.39, 0.29) is 18.5 Å². The second-order valence-corrected chi connectivity index (χ2v) is 10.1. The van der Waals surface area contributed by atoms with Crippen LogP contribution in [0.4, 0.5) is 5.82 Å². The van der Waals surface area contributed by atoms with Gasteiger partial charge in [0.1, 0.15) is 11.6 Å². The molecule has 0 bridgehead atoms. The molecule has 2 heterocycles. The number of anilines is 1. The SMILES string of the molecule is CC(C)c1ccc(Sc2ccc(N3CCC(C(=O)OCc4ccc(Cl)cc4)CC3)nn2)cc1. The van der Waals surface area contributed by atoms with Crippen LogP contribution in [0.5, 0.6) is 0 Å². The predicted octanol–water partition coefficient (Wildman–Crippen LogP) is 6.36. The topological polar surface area (TPSA) is 55.3 Å². The normalized spacial score (nSPS) is 14.5. The van der Waals surface area contributed by atoms with Gasteiger partial charge in [0.2, 0.25) is 0 Å². The number of esters is 1. The number of hydrogen-bond acceptors (Lipinski definition) is 6. The van der Waals surface area contributed by atoms with Crippen molar-refractivity contribution in [3.8, 4) is 0 Å². The van der Waals surface area contributed by atoms with E-state index in [1.807, 2.05) is 24.3 Å². The smallest absolute Gasteiger partial charge is 0.309 e. The first kappa shape index (κ1) is 23.6. The summed E-state index contributed by atoms with van der Waals surface area (Å²) in [6, 6.07) is 20.0. The monoisotopic (exact) mass is 481 g/mol. The largest absolute Gasteiger partial charge is 0.461 e. The molecule has 0 unspecified atom stereocenters. The summed E-state index contributed by atoms with van der Waals surface area (Å²) in [4.78, 5) is 15.8. The van der Waals surface area contributed by atoms with Crippen molar-refractivity contribution in [2.75, 3.05) is 18.0 Å². The van der Waals surface area contributed by atoms with E-state index in [2.05, 4.69) is 53.2 Å². The molecule has 1 saturated heterocycles. The Morgan fingerprint density at radius 1 is 1.03 bits per heavy atom. The molecule has 0 radical (unpaired) electrons. The molecule has 2 aromatic carbocycles. The summed E-state index contributed by atoms with van der Waals surface area (Å²) in [5, 5.41) is 10.4. The Morgan fingerprint density at radius 2 is 1.73 bits per heavy atom. The lowest BCUT2D eigenvalue weighted by atomic mass is 9.97. The second kappa shape index (κ2) is 11.0. The highest BCUT2D eigenvalue weighted by Crippen LogP contribution is 2.29. The molecule has 1 aliphatic heterocycles. The number of piperidine rings is 1. The van der Waals surface area contributed by atoms with Crippen LogP contribution < -0.4 is 4.90 Å². The first-order valence-electron chi connectivity index (χ1n) is 11.3. The number of hydrogen-bond donors (Lipinski definition) is 0. The lowest BCUT2D eigenvalue weighted by Crippen LogP contribution is -2.37. The first-order chi connectivity index (χ1) is 16.0. The summed E-state index contributed by atoms with van der Waals surface area (Å²) in [5.41, 5.74) is 2.27. The zero-order valence-electron chi connectivity index (χ0n) is 18.9. The molecule has 0 atom stereocenters. The van der Waals surface area contributed by atoms with Gasteiger partial charge in [0.25, 0.3) is 0 Å². The number of carbonyl (C=O) groups excluding carboxylic acids is 1. The van der Waals surface area contributed by atoms with Crippen LogP contribution in [0, 0.1) is 5.92 Å². The maximum atomic E-state index is 12.5. The number of halogens is 1. The van der Waals surface area contributed by atoms with Crippen molar-refractivity contribution in [2.24, 2.45) is 5.92 Å². The molecule has 5 nitrogen and oxygen atoms in total. The summed E-state index contributed by atoms with van der Waals surface area (Å²) < 4.78 is 5.51. The molecular weight excluding hydrogens is 454 g/mol. The molecule has 4 rings (SSSR count). The van der Waals surface area contributed by atoms with Crippen molar-refractivity contribution in [3.63, 3.8) is 0 Å². The summed E-state index contributed by atoms with van der Waals surface area (Å²) >= 11 is 7.51. The minimum absolute atomic E-state index is 0.0786. The Hall–Kier alpha value is -2.57. The van der Waals surface area contributed by atoms with E-state index in [0.29, 0.717) is 10.9 Å². The van der Waals surface area contributed by atoms with Gasteiger partial charge >= 0.3 is 5.97 Å². The van der Waals surface area contributed by atoms with E-state index in [9.17, 15) is 4.79 Å². The van der Waals surface area contributed by atoms with Crippen molar-refractivity contribution in [1.82, 2.24) is 10.2 Å². The van der Waals surface area contributed by atoms with Crippen molar-refractivity contribution < 1.29 is 9.53 Å². The molecule has 0 aliphatic carbocycles. The average molecular weight is 482 g/mol. The van der Waals surface area contributed by atoms with Crippen molar-refractivity contribution >= 4 is 35.1 Å². The van der Waals surface area contributed by atoms with E-state index in [4.69, 9.17) is 16.3 Å². The molecule has 1 aliphatic rings. The van der Waals surface area contributed by atoms with Gasteiger partial charge in [0, 0.05) is 23.0 Å². The van der Waals surface area contributed by atoms with E-state index >= 15 is 0 Å². The minimum Gasteiger partial charge on any atom is -0.461 e. The zero-order chi connectivity index (χ0) is 23.2. The summed E-state index contributed by atoms with van der Waals surface area (Å²) in [5.74, 6) is 1.16. The first-order valence-corrected chi connectivity index (χ1v) is 12.4. The highest BCUT2D eigenvalue weighted by atomic mass is 35.5. The van der Waals surface area contributed by atoms with Gasteiger partial charge in [-0.1, -0.05) is 61.5 Å². The standard InChI is InChI=1S/C26H28ClN3O2S/c1-18(2)20-5-9-23(10-6-20)33-25-12-11-24(28-29-25)30-15-13-21(14-16-30)26(31)32-17-19-3-7-22(27)8-4-19/h3-12,18,21H,13-17H2,1-2H3. The van der Waals surface area contributed by atoms with Crippen molar-refractivity contribution in [1.29, 1.82) is 0 Å². The van der Waals surface area contributed by atoms with Gasteiger partial charge in [-0.05, 0) is 66.3 Å². The molecule has 1 aromatic heterocycles. The Bertz CT molecular complexity index is 1050. The lowest BCUT2D eigenvalue weighted by molar-refractivity contribution is -0.150. The van der Waals surface area contributed by atoms with E-state index in [1.165, 1.54) is 5.56 Å². The highest BCUT2D eigenvalue weighted by Gasteiger charge is 2.27. The van der Waals surface area contributed by atoms with Crippen molar-refractivity contribution in [3.05, 3.63) is 76.8 Å². The van der Waals surface area contributed by atoms with Gasteiger partial charge in [-0.3, -0.25) is 4.79 Å². The maximum absolute atomic E-state index is 12.5. The summed E-state index contributed by atoms with van der Waals surface area (Å²) in [6.45, 7) is 6.19. The molecule has 3 aromatic rings. The molecule has 0 spiro atoms. The average Bonchev–Trinajstić information content (AvgIpc) is 2.84. The molecule has 0 saturated carbocycles. The number of carbonyl (C=O) groups is 1. The highest BCUT2D eigenvalue weighted by molar-refractivity contribution is 7.99. The molecule has 172 valence electrons. The van der Waals surface area contributed by atoms with Gasteiger partial charge in [-0.15, -0.1) is 10.2 Å². The van der Waals surface area contributed by atoms with Gasteiger partial charge in [0.05, 0.1) is 5.92 Å². The van der Waals surface area contributed by atoms with Crippen LogP contribution in [0.15, 0.2) is 70.6 Å². The van der Waals surface area contributed by atoms with Gasteiger partial charge in [-0.2, -0.15) is 0 Å². The Morgan fingerprint density at radius 3 is 2.33 bits per heavy atom. The molecule has 0 N–H and O–H groups in total. The van der Waals surface area contributed by atoms with Crippen LogP contribution in [0.1, 0.15) is 43.7 Å². The number of ether oxygens (including phenoxy) is 1. The van der Waals surface area contributed by atoms with E-state index in [1.54, 1.807) is 23.9 Å².